The van der Waals surface area contributed by atoms with Crippen molar-refractivity contribution in [3.63, 3.8) is 0 Å². The summed E-state index contributed by atoms with van der Waals surface area (Å²) in [7, 11) is -1.17. The molecule has 3 nitrogen and oxygen atoms in total. The molecular weight excluding hydrogens is 278 g/mol. The maximum absolute atomic E-state index is 11.0. The van der Waals surface area contributed by atoms with Crippen molar-refractivity contribution in [3.05, 3.63) is 58.7 Å². The van der Waals surface area contributed by atoms with Gasteiger partial charge in [0.2, 0.25) is 0 Å². The van der Waals surface area contributed by atoms with E-state index in [-0.39, 0.29) is 18.9 Å². The Morgan fingerprint density at radius 3 is 2.05 bits per heavy atom. The molecule has 104 valence electrons. The van der Waals surface area contributed by atoms with Crippen LogP contribution in [0.15, 0.2) is 36.4 Å². The Bertz CT molecular complexity index is 613. The number of hydrogen-bond acceptors (Lipinski definition) is 2. The summed E-state index contributed by atoms with van der Waals surface area (Å²) in [6, 6.07) is 12.2. The van der Waals surface area contributed by atoms with Crippen LogP contribution in [0, 0.1) is 20.8 Å². The van der Waals surface area contributed by atoms with Crippen molar-refractivity contribution < 1.29 is 33.1 Å². The van der Waals surface area contributed by atoms with Gasteiger partial charge in [0.05, 0.1) is 6.29 Å². The number of aryl methyl sites for hydroxylation is 2. The van der Waals surface area contributed by atoms with E-state index < -0.39 is 8.69 Å². The van der Waals surface area contributed by atoms with E-state index in [1.807, 2.05) is 32.0 Å². The molecule has 0 heterocycles. The second kappa shape index (κ2) is 9.66. The Morgan fingerprint density at radius 1 is 1.05 bits per heavy atom. The smallest absolute Gasteiger partial charge is 0.376 e. The molecule has 2 aromatic rings. The van der Waals surface area contributed by atoms with E-state index in [2.05, 4.69) is 31.4 Å². The minimum absolute atomic E-state index is 0. The summed E-state index contributed by atoms with van der Waals surface area (Å²) in [5, 5.41) is 0. The Labute approximate surface area is 138 Å². The van der Waals surface area contributed by atoms with Gasteiger partial charge in [0.15, 0.2) is 0 Å². The molecule has 1 N–H and O–H groups in total. The molecule has 0 amide bonds. The molecule has 2 aromatic carbocycles. The largest absolute Gasteiger partial charge is 1.00 e. The first kappa shape index (κ1) is 19.8. The summed E-state index contributed by atoms with van der Waals surface area (Å²) in [6.45, 7) is 6.02. The minimum atomic E-state index is -1.17. The van der Waals surface area contributed by atoms with Gasteiger partial charge in [-0.25, -0.2) is 0 Å². The molecule has 0 aliphatic carbocycles. The Kier molecular flexibility index (Phi) is 9.09. The molecule has 1 atom stereocenters. The Hall–Kier alpha value is -1.23. The van der Waals surface area contributed by atoms with E-state index in [1.165, 1.54) is 5.56 Å². The van der Waals surface area contributed by atoms with Crippen LogP contribution >= 0.6 is 8.69 Å². The molecule has 0 aromatic heterocycles. The molecule has 5 heteroatoms. The summed E-state index contributed by atoms with van der Waals surface area (Å²) in [6.07, 6.45) is 2.05. The predicted octanol–water partition coefficient (Wildman–Crippen LogP) is 0.658. The van der Waals surface area contributed by atoms with Crippen LogP contribution in [0.4, 0.5) is 0 Å². The van der Waals surface area contributed by atoms with Gasteiger partial charge >= 0.3 is 27.5 Å². The van der Waals surface area contributed by atoms with Gasteiger partial charge in [0, 0.05) is 0 Å². The molecule has 0 fully saturated rings. The average molecular weight is 295 g/mol. The van der Waals surface area contributed by atoms with Crippen LogP contribution in [0.3, 0.4) is 0 Å². The molecule has 21 heavy (non-hydrogen) atoms. The van der Waals surface area contributed by atoms with Crippen molar-refractivity contribution in [1.29, 1.82) is 0 Å². The van der Waals surface area contributed by atoms with Gasteiger partial charge in [-0.15, -0.1) is 22.8 Å². The van der Waals surface area contributed by atoms with Gasteiger partial charge in [-0.2, -0.15) is 4.89 Å². The SMILES string of the molecule is Cc1cc(C)c(-c2ccccc2)c(C)c1[C-]=O.O=[PH+]O.[Li+]. The van der Waals surface area contributed by atoms with E-state index in [1.54, 1.807) is 0 Å². The first-order valence-corrected chi connectivity index (χ1v) is 6.98. The van der Waals surface area contributed by atoms with Crippen molar-refractivity contribution in [3.8, 4) is 11.1 Å². The van der Waals surface area contributed by atoms with Crippen molar-refractivity contribution in [1.82, 2.24) is 0 Å². The normalized spacial score (nSPS) is 9.33. The molecule has 0 aliphatic heterocycles. The quantitative estimate of drug-likeness (QED) is 0.503. The maximum atomic E-state index is 11.0. The summed E-state index contributed by atoms with van der Waals surface area (Å²) in [4.78, 5) is 18.1. The first-order chi connectivity index (χ1) is 9.56. The zero-order valence-electron chi connectivity index (χ0n) is 12.7. The monoisotopic (exact) mass is 295 g/mol. The molecule has 0 saturated carbocycles. The zero-order chi connectivity index (χ0) is 15.1. The molecule has 0 saturated heterocycles. The van der Waals surface area contributed by atoms with Gasteiger partial charge in [-0.1, -0.05) is 55.3 Å². The molecule has 0 radical (unpaired) electrons. The fourth-order valence-corrected chi connectivity index (χ4v) is 2.39. The molecule has 0 spiro atoms. The van der Waals surface area contributed by atoms with Crippen molar-refractivity contribution in [2.75, 3.05) is 0 Å². The van der Waals surface area contributed by atoms with Crippen LogP contribution in [0.5, 0.6) is 0 Å². The van der Waals surface area contributed by atoms with Crippen LogP contribution in [-0.4, -0.2) is 11.2 Å². The summed E-state index contributed by atoms with van der Waals surface area (Å²) in [5.41, 5.74) is 6.20. The topological polar surface area (TPSA) is 54.4 Å². The minimum Gasteiger partial charge on any atom is -0.376 e. The van der Waals surface area contributed by atoms with Gasteiger partial charge < -0.3 is 4.79 Å². The molecular formula is C16H17LiO3P+. The summed E-state index contributed by atoms with van der Waals surface area (Å²) >= 11 is 0. The van der Waals surface area contributed by atoms with E-state index in [0.29, 0.717) is 5.56 Å². The maximum Gasteiger partial charge on any atom is 1.00 e. The Morgan fingerprint density at radius 2 is 1.57 bits per heavy atom. The summed E-state index contributed by atoms with van der Waals surface area (Å²) < 4.78 is 8.51. The van der Waals surface area contributed by atoms with Gasteiger partial charge in [0.1, 0.15) is 0 Å². The number of rotatable bonds is 2. The van der Waals surface area contributed by atoms with Crippen molar-refractivity contribution in [2.45, 2.75) is 20.8 Å². The van der Waals surface area contributed by atoms with E-state index >= 15 is 0 Å². The third kappa shape index (κ3) is 4.91. The number of carbonyl (C=O) groups excluding carboxylic acids is 1. The standard InChI is InChI=1S/C16H15O.Li.HO2P/c1-11-9-12(2)16(13(3)15(11)10-17)14-7-5-4-6-8-14;;1-3-2/h4-9H,1-3H3;;3H/q-1;+1;/p+1. The third-order valence-corrected chi connectivity index (χ3v) is 3.14. The van der Waals surface area contributed by atoms with Gasteiger partial charge in [-0.05, 0) is 17.1 Å². The third-order valence-electron chi connectivity index (χ3n) is 3.14. The Balaban J connectivity index is 0.000000922. The van der Waals surface area contributed by atoms with E-state index in [4.69, 9.17) is 9.46 Å². The predicted molar refractivity (Wildman–Crippen MR) is 82.1 cm³/mol. The second-order valence-electron chi connectivity index (χ2n) is 4.44. The van der Waals surface area contributed by atoms with E-state index in [0.717, 1.165) is 22.3 Å². The van der Waals surface area contributed by atoms with Gasteiger partial charge in [-0.3, -0.25) is 0 Å². The molecule has 2 rings (SSSR count). The van der Waals surface area contributed by atoms with Crippen LogP contribution in [0.2, 0.25) is 0 Å². The van der Waals surface area contributed by atoms with Crippen LogP contribution in [0.1, 0.15) is 22.3 Å². The van der Waals surface area contributed by atoms with Crippen LogP contribution in [0.25, 0.3) is 11.1 Å². The first-order valence-electron chi connectivity index (χ1n) is 6.12. The fourth-order valence-electron chi connectivity index (χ4n) is 2.39. The zero-order valence-corrected chi connectivity index (χ0v) is 13.7. The van der Waals surface area contributed by atoms with E-state index in [9.17, 15) is 4.79 Å². The van der Waals surface area contributed by atoms with Crippen LogP contribution in [-0.2, 0) is 9.36 Å². The van der Waals surface area contributed by atoms with Gasteiger partial charge in [0.25, 0.3) is 0 Å². The number of benzene rings is 2. The van der Waals surface area contributed by atoms with Crippen LogP contribution < -0.4 is 18.9 Å². The molecule has 0 bridgehead atoms. The number of hydrogen-bond donors (Lipinski definition) is 1. The van der Waals surface area contributed by atoms with Crippen molar-refractivity contribution >= 4 is 15.0 Å². The summed E-state index contributed by atoms with van der Waals surface area (Å²) in [5.74, 6) is 0. The molecule has 1 unspecified atom stereocenters. The fraction of sp³-hybridized carbons (Fsp3) is 0.188. The molecule has 0 aliphatic rings. The average Bonchev–Trinajstić information content (AvgIpc) is 2.40. The van der Waals surface area contributed by atoms with Crippen molar-refractivity contribution in [2.24, 2.45) is 0 Å². The second-order valence-corrected chi connectivity index (χ2v) is 4.63.